The quantitative estimate of drug-likeness (QED) is 0.620. The van der Waals surface area contributed by atoms with E-state index in [0.717, 1.165) is 17.1 Å². The second kappa shape index (κ2) is 8.40. The summed E-state index contributed by atoms with van der Waals surface area (Å²) in [7, 11) is 0. The number of hydrogen-bond donors (Lipinski definition) is 0. The summed E-state index contributed by atoms with van der Waals surface area (Å²) in [4.78, 5) is 16.4. The molecule has 154 valence electrons. The highest BCUT2D eigenvalue weighted by molar-refractivity contribution is 6.33. The molecule has 0 bridgehead atoms. The summed E-state index contributed by atoms with van der Waals surface area (Å²) >= 11 is 6.04. The molecule has 0 N–H and O–H groups in total. The van der Waals surface area contributed by atoms with Crippen LogP contribution in [-0.2, 0) is 0 Å². The monoisotopic (exact) mass is 424 g/mol. The number of halogens is 2. The molecule has 1 fully saturated rings. The highest BCUT2D eigenvalue weighted by Gasteiger charge is 2.26. The molecule has 0 spiro atoms. The first kappa shape index (κ1) is 20.3. The Morgan fingerprint density at radius 1 is 0.967 bits per heavy atom. The van der Waals surface area contributed by atoms with Crippen LogP contribution in [0.3, 0.4) is 0 Å². The molecule has 2 aromatic carbocycles. The van der Waals surface area contributed by atoms with E-state index in [2.05, 4.69) is 41.1 Å². The summed E-state index contributed by atoms with van der Waals surface area (Å²) < 4.78 is 14.1. The average Bonchev–Trinajstić information content (AvgIpc) is 2.76. The SMILES string of the molecule is Cc1ccc(-c2ccc(N3CCN(C(=O)c4c(F)cccc4Cl)CC3)nn2)cc1C. The predicted octanol–water partition coefficient (Wildman–Crippen LogP) is 4.52. The van der Waals surface area contributed by atoms with E-state index >= 15 is 0 Å². The molecule has 1 saturated heterocycles. The largest absolute Gasteiger partial charge is 0.352 e. The van der Waals surface area contributed by atoms with E-state index in [4.69, 9.17) is 11.6 Å². The second-order valence-electron chi connectivity index (χ2n) is 7.45. The fourth-order valence-corrected chi connectivity index (χ4v) is 3.79. The standard InChI is InChI=1S/C23H22ClFN4O/c1-15-6-7-17(14-16(15)2)20-8-9-21(27-26-20)28-10-12-29(13-11-28)23(30)22-18(24)4-3-5-19(22)25/h3-9,14H,10-13H2,1-2H3. The van der Waals surface area contributed by atoms with Crippen molar-refractivity contribution in [1.82, 2.24) is 15.1 Å². The number of piperazine rings is 1. The number of anilines is 1. The molecule has 4 rings (SSSR count). The Labute approximate surface area is 180 Å². The maximum Gasteiger partial charge on any atom is 0.258 e. The van der Waals surface area contributed by atoms with Crippen LogP contribution in [0, 0.1) is 19.7 Å². The van der Waals surface area contributed by atoms with Gasteiger partial charge in [0.05, 0.1) is 16.3 Å². The van der Waals surface area contributed by atoms with E-state index in [-0.39, 0.29) is 16.5 Å². The summed E-state index contributed by atoms with van der Waals surface area (Å²) in [6.45, 7) is 6.27. The highest BCUT2D eigenvalue weighted by atomic mass is 35.5. The summed E-state index contributed by atoms with van der Waals surface area (Å²) in [5.41, 5.74) is 4.26. The molecule has 0 atom stereocenters. The van der Waals surface area contributed by atoms with Crippen molar-refractivity contribution in [3.05, 3.63) is 76.1 Å². The van der Waals surface area contributed by atoms with Gasteiger partial charge < -0.3 is 9.80 Å². The molecule has 0 radical (unpaired) electrons. The van der Waals surface area contributed by atoms with E-state index in [1.54, 1.807) is 4.90 Å². The Morgan fingerprint density at radius 3 is 2.37 bits per heavy atom. The molecule has 1 aliphatic heterocycles. The Hall–Kier alpha value is -2.99. The smallest absolute Gasteiger partial charge is 0.258 e. The number of aromatic nitrogens is 2. The van der Waals surface area contributed by atoms with Crippen LogP contribution < -0.4 is 4.90 Å². The number of carbonyl (C=O) groups is 1. The topological polar surface area (TPSA) is 49.3 Å². The van der Waals surface area contributed by atoms with Crippen LogP contribution in [0.25, 0.3) is 11.3 Å². The molecule has 0 aliphatic carbocycles. The Morgan fingerprint density at radius 2 is 1.73 bits per heavy atom. The summed E-state index contributed by atoms with van der Waals surface area (Å²) in [6.07, 6.45) is 0. The summed E-state index contributed by atoms with van der Waals surface area (Å²) in [5.74, 6) is -0.213. The molecule has 1 amide bonds. The fraction of sp³-hybridized carbons (Fsp3) is 0.261. The Kier molecular flexibility index (Phi) is 5.68. The van der Waals surface area contributed by atoms with Gasteiger partial charge in [0.1, 0.15) is 5.82 Å². The van der Waals surface area contributed by atoms with Gasteiger partial charge in [-0.1, -0.05) is 29.8 Å². The van der Waals surface area contributed by atoms with Gasteiger partial charge in [-0.25, -0.2) is 4.39 Å². The number of nitrogens with zero attached hydrogens (tertiary/aromatic N) is 4. The molecule has 1 aromatic heterocycles. The Balaban J connectivity index is 1.43. The summed E-state index contributed by atoms with van der Waals surface area (Å²) in [5, 5.41) is 8.89. The van der Waals surface area contributed by atoms with Crippen LogP contribution in [-0.4, -0.2) is 47.2 Å². The minimum Gasteiger partial charge on any atom is -0.352 e. The van der Waals surface area contributed by atoms with Crippen LogP contribution >= 0.6 is 11.6 Å². The van der Waals surface area contributed by atoms with Crippen LogP contribution in [0.15, 0.2) is 48.5 Å². The normalized spacial score (nSPS) is 14.1. The zero-order chi connectivity index (χ0) is 21.3. The van der Waals surface area contributed by atoms with Gasteiger partial charge in [-0.15, -0.1) is 10.2 Å². The second-order valence-corrected chi connectivity index (χ2v) is 7.86. The van der Waals surface area contributed by atoms with Gasteiger partial charge in [0.15, 0.2) is 5.82 Å². The number of amides is 1. The number of carbonyl (C=O) groups excluding carboxylic acids is 1. The van der Waals surface area contributed by atoms with Crippen LogP contribution in [0.1, 0.15) is 21.5 Å². The molecule has 2 heterocycles. The molecule has 0 unspecified atom stereocenters. The minimum absolute atomic E-state index is 0.0647. The maximum absolute atomic E-state index is 14.1. The molecule has 5 nitrogen and oxygen atoms in total. The zero-order valence-electron chi connectivity index (χ0n) is 16.9. The van der Waals surface area contributed by atoms with Gasteiger partial charge in [0.25, 0.3) is 5.91 Å². The van der Waals surface area contributed by atoms with Gasteiger partial charge in [0.2, 0.25) is 0 Å². The number of hydrogen-bond acceptors (Lipinski definition) is 4. The fourth-order valence-electron chi connectivity index (χ4n) is 3.55. The van der Waals surface area contributed by atoms with Gasteiger partial charge >= 0.3 is 0 Å². The van der Waals surface area contributed by atoms with Crippen molar-refractivity contribution in [1.29, 1.82) is 0 Å². The van der Waals surface area contributed by atoms with Crippen molar-refractivity contribution in [3.63, 3.8) is 0 Å². The molecule has 3 aromatic rings. The van der Waals surface area contributed by atoms with Gasteiger partial charge in [-0.3, -0.25) is 4.79 Å². The first-order valence-corrected chi connectivity index (χ1v) is 10.2. The predicted molar refractivity (Wildman–Crippen MR) is 116 cm³/mol. The molecule has 30 heavy (non-hydrogen) atoms. The molecular weight excluding hydrogens is 403 g/mol. The van der Waals surface area contributed by atoms with Crippen molar-refractivity contribution in [2.45, 2.75) is 13.8 Å². The highest BCUT2D eigenvalue weighted by Crippen LogP contribution is 2.24. The van der Waals surface area contributed by atoms with Crippen molar-refractivity contribution in [2.75, 3.05) is 31.1 Å². The van der Waals surface area contributed by atoms with Crippen LogP contribution in [0.5, 0.6) is 0 Å². The first-order chi connectivity index (χ1) is 14.4. The Bertz CT molecular complexity index is 1060. The summed E-state index contributed by atoms with van der Waals surface area (Å²) in [6, 6.07) is 14.4. The molecule has 0 saturated carbocycles. The van der Waals surface area contributed by atoms with E-state index in [9.17, 15) is 9.18 Å². The third-order valence-corrected chi connectivity index (χ3v) is 5.84. The number of aryl methyl sites for hydroxylation is 2. The van der Waals surface area contributed by atoms with Gasteiger partial charge in [-0.05, 0) is 55.3 Å². The third kappa shape index (κ3) is 4.00. The van der Waals surface area contributed by atoms with Gasteiger partial charge in [0, 0.05) is 31.7 Å². The molecule has 1 aliphatic rings. The number of benzene rings is 2. The number of rotatable bonds is 3. The first-order valence-electron chi connectivity index (χ1n) is 9.83. The van der Waals surface area contributed by atoms with E-state index in [1.165, 1.54) is 29.3 Å². The van der Waals surface area contributed by atoms with Crippen molar-refractivity contribution in [3.8, 4) is 11.3 Å². The lowest BCUT2D eigenvalue weighted by Crippen LogP contribution is -2.49. The van der Waals surface area contributed by atoms with Crippen molar-refractivity contribution >= 4 is 23.3 Å². The minimum atomic E-state index is -0.595. The van der Waals surface area contributed by atoms with Crippen molar-refractivity contribution in [2.24, 2.45) is 0 Å². The van der Waals surface area contributed by atoms with Crippen LogP contribution in [0.4, 0.5) is 10.2 Å². The lowest BCUT2D eigenvalue weighted by molar-refractivity contribution is 0.0742. The lowest BCUT2D eigenvalue weighted by atomic mass is 10.0. The van der Waals surface area contributed by atoms with Gasteiger partial charge in [-0.2, -0.15) is 0 Å². The van der Waals surface area contributed by atoms with E-state index in [1.807, 2.05) is 18.2 Å². The van der Waals surface area contributed by atoms with E-state index < -0.39 is 5.82 Å². The third-order valence-electron chi connectivity index (χ3n) is 5.52. The molecule has 7 heteroatoms. The lowest BCUT2D eigenvalue weighted by Gasteiger charge is -2.35. The van der Waals surface area contributed by atoms with E-state index in [0.29, 0.717) is 26.2 Å². The average molecular weight is 425 g/mol. The zero-order valence-corrected chi connectivity index (χ0v) is 17.7. The maximum atomic E-state index is 14.1. The molecular formula is C23H22ClFN4O. The van der Waals surface area contributed by atoms with Crippen molar-refractivity contribution < 1.29 is 9.18 Å². The van der Waals surface area contributed by atoms with Crippen LogP contribution in [0.2, 0.25) is 5.02 Å².